The van der Waals surface area contributed by atoms with Crippen LogP contribution in [0.1, 0.15) is 35.9 Å². The van der Waals surface area contributed by atoms with Crippen molar-refractivity contribution in [3.63, 3.8) is 0 Å². The van der Waals surface area contributed by atoms with E-state index in [9.17, 15) is 9.18 Å². The van der Waals surface area contributed by atoms with Crippen molar-refractivity contribution in [2.45, 2.75) is 39.2 Å². The molecule has 0 saturated carbocycles. The van der Waals surface area contributed by atoms with Crippen molar-refractivity contribution < 1.29 is 13.9 Å². The molecule has 1 aromatic carbocycles. The van der Waals surface area contributed by atoms with Crippen LogP contribution >= 0.6 is 11.3 Å². The minimum absolute atomic E-state index is 0.0639. The van der Waals surface area contributed by atoms with Gasteiger partial charge in [0.15, 0.2) is 11.6 Å². The third-order valence-corrected chi connectivity index (χ3v) is 7.25. The van der Waals surface area contributed by atoms with E-state index in [1.54, 1.807) is 29.5 Å². The van der Waals surface area contributed by atoms with Gasteiger partial charge in [0.05, 0.1) is 24.2 Å². The first-order valence-electron chi connectivity index (χ1n) is 11.4. The summed E-state index contributed by atoms with van der Waals surface area (Å²) >= 11 is 1.58. The van der Waals surface area contributed by atoms with E-state index in [4.69, 9.17) is 14.7 Å². The van der Waals surface area contributed by atoms with Crippen LogP contribution in [0.3, 0.4) is 0 Å². The van der Waals surface area contributed by atoms with Gasteiger partial charge in [0, 0.05) is 30.9 Å². The Morgan fingerprint density at radius 2 is 1.97 bits per heavy atom. The molecule has 0 unspecified atom stereocenters. The maximum Gasteiger partial charge on any atom is 0.229 e. The van der Waals surface area contributed by atoms with E-state index in [-0.39, 0.29) is 11.7 Å². The van der Waals surface area contributed by atoms with Crippen LogP contribution in [-0.2, 0) is 24.2 Å². The molecule has 5 rings (SSSR count). The van der Waals surface area contributed by atoms with E-state index in [2.05, 4.69) is 11.8 Å². The van der Waals surface area contributed by atoms with E-state index in [1.165, 1.54) is 6.07 Å². The largest absolute Gasteiger partial charge is 0.435 e. The number of aromatic nitrogens is 2. The van der Waals surface area contributed by atoms with Gasteiger partial charge in [-0.3, -0.25) is 4.79 Å². The summed E-state index contributed by atoms with van der Waals surface area (Å²) in [6, 6.07) is 10.2. The lowest BCUT2D eigenvalue weighted by Gasteiger charge is -2.33. The van der Waals surface area contributed by atoms with Crippen molar-refractivity contribution in [1.82, 2.24) is 14.9 Å². The highest BCUT2D eigenvalue weighted by atomic mass is 32.1. The van der Waals surface area contributed by atoms with Crippen molar-refractivity contribution >= 4 is 23.2 Å². The molecule has 0 atom stereocenters. The predicted octanol–water partition coefficient (Wildman–Crippen LogP) is 4.83. The number of nitrogens with zero attached hydrogens (tertiary/aromatic N) is 4. The van der Waals surface area contributed by atoms with Gasteiger partial charge in [0.2, 0.25) is 17.7 Å². The molecule has 3 aromatic rings. The molecule has 172 valence electrons. The number of para-hydroxylation sites is 1. The van der Waals surface area contributed by atoms with Crippen LogP contribution in [0.15, 0.2) is 41.8 Å². The van der Waals surface area contributed by atoms with Gasteiger partial charge >= 0.3 is 0 Å². The molecule has 8 heteroatoms. The van der Waals surface area contributed by atoms with Gasteiger partial charge in [-0.1, -0.05) is 25.1 Å². The van der Waals surface area contributed by atoms with Gasteiger partial charge in [0.25, 0.3) is 0 Å². The van der Waals surface area contributed by atoms with Gasteiger partial charge in [-0.15, -0.1) is 11.3 Å². The molecular formula is C25H27FN4O2S. The van der Waals surface area contributed by atoms with Gasteiger partial charge in [-0.25, -0.2) is 9.37 Å². The molecule has 6 nitrogen and oxygen atoms in total. The number of amides is 1. The number of thiophene rings is 1. The summed E-state index contributed by atoms with van der Waals surface area (Å²) in [7, 11) is 0. The monoisotopic (exact) mass is 466 g/mol. The minimum Gasteiger partial charge on any atom is -0.435 e. The molecule has 0 radical (unpaired) electrons. The lowest BCUT2D eigenvalue weighted by Crippen LogP contribution is -2.38. The Labute approximate surface area is 197 Å². The van der Waals surface area contributed by atoms with Crippen molar-refractivity contribution in [3.05, 3.63) is 63.7 Å². The predicted molar refractivity (Wildman–Crippen MR) is 126 cm³/mol. The fraction of sp³-hybridized carbons (Fsp3) is 0.400. The van der Waals surface area contributed by atoms with Crippen LogP contribution in [-0.4, -0.2) is 40.4 Å². The van der Waals surface area contributed by atoms with Crippen molar-refractivity contribution in [3.8, 4) is 11.6 Å². The number of carbonyl (C=O) groups excluding carboxylic acids is 1. The lowest BCUT2D eigenvalue weighted by molar-refractivity contribution is -0.131. The van der Waals surface area contributed by atoms with Crippen LogP contribution in [0.25, 0.3) is 0 Å². The summed E-state index contributed by atoms with van der Waals surface area (Å²) in [4.78, 5) is 27.6. The van der Waals surface area contributed by atoms with Crippen LogP contribution in [0.4, 0.5) is 10.3 Å². The molecule has 0 N–H and O–H groups in total. The number of halogens is 1. The molecule has 0 bridgehead atoms. The van der Waals surface area contributed by atoms with Crippen molar-refractivity contribution in [2.24, 2.45) is 5.92 Å². The number of hydrogen-bond donors (Lipinski definition) is 0. The summed E-state index contributed by atoms with van der Waals surface area (Å²) in [5.74, 6) is 1.40. The van der Waals surface area contributed by atoms with Crippen LogP contribution in [0.5, 0.6) is 11.6 Å². The Kier molecular flexibility index (Phi) is 6.26. The number of ether oxygens (including phenoxy) is 1. The second kappa shape index (κ2) is 9.47. The maximum absolute atomic E-state index is 14.4. The standard InChI is InChI=1S/C25H27FN4O2S/c1-17-8-11-29(12-9-17)25-27-21-10-13-30(23(31)15-18-5-4-14-33-18)16-19(21)24(28-25)32-22-7-3-2-6-20(22)26/h2-7,14,17H,8-13,15-16H2,1H3. The fourth-order valence-electron chi connectivity index (χ4n) is 4.32. The first-order chi connectivity index (χ1) is 16.1. The Balaban J connectivity index is 1.45. The zero-order valence-corrected chi connectivity index (χ0v) is 19.5. The minimum atomic E-state index is -0.445. The number of hydrogen-bond acceptors (Lipinski definition) is 6. The number of piperidine rings is 1. The molecule has 2 aromatic heterocycles. The molecule has 2 aliphatic heterocycles. The Hall–Kier alpha value is -3.00. The molecule has 1 fully saturated rings. The zero-order chi connectivity index (χ0) is 22.8. The van der Waals surface area contributed by atoms with Gasteiger partial charge in [-0.05, 0) is 42.3 Å². The topological polar surface area (TPSA) is 58.6 Å². The normalized spacial score (nSPS) is 16.5. The van der Waals surface area contributed by atoms with Gasteiger partial charge < -0.3 is 14.5 Å². The Bertz CT molecular complexity index is 1130. The summed E-state index contributed by atoms with van der Waals surface area (Å²) in [5.41, 5.74) is 1.64. The third-order valence-electron chi connectivity index (χ3n) is 6.38. The first-order valence-corrected chi connectivity index (χ1v) is 12.3. The molecule has 1 amide bonds. The van der Waals surface area contributed by atoms with Crippen LogP contribution < -0.4 is 9.64 Å². The average molecular weight is 467 g/mol. The summed E-state index contributed by atoms with van der Waals surface area (Å²) in [6.07, 6.45) is 3.18. The van der Waals surface area contributed by atoms with E-state index in [0.29, 0.717) is 43.7 Å². The first kappa shape index (κ1) is 21.8. The number of benzene rings is 1. The van der Waals surface area contributed by atoms with Gasteiger partial charge in [-0.2, -0.15) is 4.98 Å². The third kappa shape index (κ3) is 4.85. The molecule has 0 aliphatic carbocycles. The molecule has 0 spiro atoms. The molecule has 4 heterocycles. The van der Waals surface area contributed by atoms with E-state index in [1.807, 2.05) is 22.4 Å². The highest BCUT2D eigenvalue weighted by Gasteiger charge is 2.29. The number of fused-ring (bicyclic) bond motifs is 1. The highest BCUT2D eigenvalue weighted by molar-refractivity contribution is 7.10. The van der Waals surface area contributed by atoms with Gasteiger partial charge in [0.1, 0.15) is 0 Å². The van der Waals surface area contributed by atoms with E-state index < -0.39 is 5.82 Å². The Morgan fingerprint density at radius 1 is 1.15 bits per heavy atom. The molecule has 33 heavy (non-hydrogen) atoms. The molecular weight excluding hydrogens is 439 g/mol. The zero-order valence-electron chi connectivity index (χ0n) is 18.7. The van der Waals surface area contributed by atoms with Crippen molar-refractivity contribution in [1.29, 1.82) is 0 Å². The van der Waals surface area contributed by atoms with E-state index >= 15 is 0 Å². The fourth-order valence-corrected chi connectivity index (χ4v) is 5.02. The van der Waals surface area contributed by atoms with Crippen LogP contribution in [0.2, 0.25) is 0 Å². The second-order valence-electron chi connectivity index (χ2n) is 8.78. The molecule has 1 saturated heterocycles. The average Bonchev–Trinajstić information content (AvgIpc) is 3.33. The van der Waals surface area contributed by atoms with Crippen molar-refractivity contribution in [2.75, 3.05) is 24.5 Å². The second-order valence-corrected chi connectivity index (χ2v) is 9.81. The summed E-state index contributed by atoms with van der Waals surface area (Å²) in [6.45, 7) is 5.01. The Morgan fingerprint density at radius 3 is 2.73 bits per heavy atom. The number of anilines is 1. The lowest BCUT2D eigenvalue weighted by atomic mass is 9.99. The highest BCUT2D eigenvalue weighted by Crippen LogP contribution is 2.33. The summed E-state index contributed by atoms with van der Waals surface area (Å²) < 4.78 is 20.4. The number of carbonyl (C=O) groups is 1. The SMILES string of the molecule is CC1CCN(c2nc3c(c(Oc4ccccc4F)n2)CN(C(=O)Cc2cccs2)CC3)CC1. The molecule has 2 aliphatic rings. The van der Waals surface area contributed by atoms with Crippen LogP contribution in [0, 0.1) is 11.7 Å². The summed E-state index contributed by atoms with van der Waals surface area (Å²) in [5, 5.41) is 1.98. The van der Waals surface area contributed by atoms with E-state index in [0.717, 1.165) is 42.1 Å². The smallest absolute Gasteiger partial charge is 0.229 e. The quantitative estimate of drug-likeness (QED) is 0.539. The maximum atomic E-state index is 14.4. The number of rotatable bonds is 5.